The molecular formula is C10H14N+. The van der Waals surface area contributed by atoms with Gasteiger partial charge in [-0.05, 0) is 6.92 Å². The van der Waals surface area contributed by atoms with Crippen molar-refractivity contribution in [3.8, 4) is 0 Å². The molecule has 0 saturated carbocycles. The number of rotatable bonds is 3. The molecule has 1 aromatic rings. The lowest BCUT2D eigenvalue weighted by molar-refractivity contribution is -0.696. The summed E-state index contributed by atoms with van der Waals surface area (Å²) in [6.07, 6.45) is 9.56. The van der Waals surface area contributed by atoms with Gasteiger partial charge in [0.05, 0.1) is 0 Å². The van der Waals surface area contributed by atoms with Gasteiger partial charge in [0.2, 0.25) is 0 Å². The summed E-state index contributed by atoms with van der Waals surface area (Å²) >= 11 is 0. The molecule has 0 aromatic carbocycles. The molecule has 0 spiro atoms. The van der Waals surface area contributed by atoms with Gasteiger partial charge >= 0.3 is 0 Å². The maximum atomic E-state index is 2.18. The standard InChI is InChI=1S/C10H14N/c1-2-3-5-8-11-9-6-4-7-10-11/h2-4,6-7,9-10H,5,8H2,1H3/q+1. The van der Waals surface area contributed by atoms with Crippen LogP contribution in [-0.2, 0) is 6.54 Å². The quantitative estimate of drug-likeness (QED) is 0.455. The summed E-state index contributed by atoms with van der Waals surface area (Å²) in [5.41, 5.74) is 0. The molecule has 1 aromatic heterocycles. The van der Waals surface area contributed by atoms with Crippen LogP contribution in [0.3, 0.4) is 0 Å². The molecule has 11 heavy (non-hydrogen) atoms. The second kappa shape index (κ2) is 4.67. The summed E-state index contributed by atoms with van der Waals surface area (Å²) in [4.78, 5) is 0. The first kappa shape index (κ1) is 7.99. The third-order valence-electron chi connectivity index (χ3n) is 1.57. The van der Waals surface area contributed by atoms with E-state index in [2.05, 4.69) is 48.2 Å². The monoisotopic (exact) mass is 148 g/mol. The summed E-state index contributed by atoms with van der Waals surface area (Å²) < 4.78 is 2.18. The number of nitrogens with zero attached hydrogens (tertiary/aromatic N) is 1. The SMILES string of the molecule is CC=CCC[n+]1ccccc1. The van der Waals surface area contributed by atoms with Crippen molar-refractivity contribution >= 4 is 0 Å². The molecular weight excluding hydrogens is 134 g/mol. The molecule has 1 nitrogen and oxygen atoms in total. The topological polar surface area (TPSA) is 3.88 Å². The molecule has 0 N–H and O–H groups in total. The highest BCUT2D eigenvalue weighted by Gasteiger charge is 1.92. The molecule has 58 valence electrons. The number of allylic oxidation sites excluding steroid dienone is 2. The Morgan fingerprint density at radius 3 is 2.55 bits per heavy atom. The van der Waals surface area contributed by atoms with E-state index in [1.165, 1.54) is 0 Å². The third kappa shape index (κ3) is 2.99. The highest BCUT2D eigenvalue weighted by Crippen LogP contribution is 1.83. The Morgan fingerprint density at radius 2 is 1.91 bits per heavy atom. The molecule has 0 amide bonds. The Morgan fingerprint density at radius 1 is 1.18 bits per heavy atom. The molecule has 0 unspecified atom stereocenters. The first-order chi connectivity index (χ1) is 5.43. The van der Waals surface area contributed by atoms with Gasteiger partial charge < -0.3 is 0 Å². The fourth-order valence-electron chi connectivity index (χ4n) is 0.974. The van der Waals surface area contributed by atoms with Gasteiger partial charge in [0.25, 0.3) is 0 Å². The fraction of sp³-hybridized carbons (Fsp3) is 0.300. The van der Waals surface area contributed by atoms with Crippen LogP contribution in [-0.4, -0.2) is 0 Å². The predicted octanol–water partition coefficient (Wildman–Crippen LogP) is 1.94. The maximum absolute atomic E-state index is 2.18. The van der Waals surface area contributed by atoms with E-state index in [1.54, 1.807) is 0 Å². The molecule has 1 heterocycles. The van der Waals surface area contributed by atoms with Crippen LogP contribution in [0.4, 0.5) is 0 Å². The van der Waals surface area contributed by atoms with E-state index >= 15 is 0 Å². The van der Waals surface area contributed by atoms with Crippen molar-refractivity contribution in [3.05, 3.63) is 42.7 Å². The molecule has 0 bridgehead atoms. The summed E-state index contributed by atoms with van der Waals surface area (Å²) in [5, 5.41) is 0. The van der Waals surface area contributed by atoms with Crippen LogP contribution < -0.4 is 4.57 Å². The van der Waals surface area contributed by atoms with Crippen molar-refractivity contribution in [3.63, 3.8) is 0 Å². The molecule has 1 heteroatoms. The molecule has 0 fully saturated rings. The first-order valence-electron chi connectivity index (χ1n) is 3.98. The highest BCUT2D eigenvalue weighted by molar-refractivity contribution is 4.83. The molecule has 0 aliphatic carbocycles. The fourth-order valence-corrected chi connectivity index (χ4v) is 0.974. The van der Waals surface area contributed by atoms with Gasteiger partial charge in [-0.25, -0.2) is 4.57 Å². The summed E-state index contributed by atoms with van der Waals surface area (Å²) in [5.74, 6) is 0. The van der Waals surface area contributed by atoms with Crippen molar-refractivity contribution in [1.29, 1.82) is 0 Å². The van der Waals surface area contributed by atoms with Gasteiger partial charge in [0, 0.05) is 18.6 Å². The van der Waals surface area contributed by atoms with Crippen molar-refractivity contribution in [2.45, 2.75) is 19.9 Å². The van der Waals surface area contributed by atoms with Crippen LogP contribution in [0.25, 0.3) is 0 Å². The zero-order valence-electron chi connectivity index (χ0n) is 6.90. The van der Waals surface area contributed by atoms with Crippen molar-refractivity contribution in [2.24, 2.45) is 0 Å². The van der Waals surface area contributed by atoms with Gasteiger partial charge in [-0.2, -0.15) is 0 Å². The van der Waals surface area contributed by atoms with E-state index in [0.717, 1.165) is 13.0 Å². The normalized spacial score (nSPS) is 10.6. The van der Waals surface area contributed by atoms with E-state index in [4.69, 9.17) is 0 Å². The van der Waals surface area contributed by atoms with E-state index in [1.807, 2.05) is 6.07 Å². The largest absolute Gasteiger partial charge is 0.205 e. The van der Waals surface area contributed by atoms with Gasteiger partial charge in [-0.15, -0.1) is 0 Å². The third-order valence-corrected chi connectivity index (χ3v) is 1.57. The van der Waals surface area contributed by atoms with Crippen LogP contribution in [0.15, 0.2) is 42.7 Å². The second-order valence-corrected chi connectivity index (χ2v) is 2.47. The Hall–Kier alpha value is -1.11. The Labute approximate surface area is 68.0 Å². The van der Waals surface area contributed by atoms with Gasteiger partial charge in [0.15, 0.2) is 18.9 Å². The Kier molecular flexibility index (Phi) is 3.39. The number of hydrogen-bond donors (Lipinski definition) is 0. The lowest BCUT2D eigenvalue weighted by Crippen LogP contribution is -2.31. The molecule has 1 rings (SSSR count). The summed E-state index contributed by atoms with van der Waals surface area (Å²) in [6, 6.07) is 6.14. The molecule has 0 saturated heterocycles. The highest BCUT2D eigenvalue weighted by atomic mass is 14.9. The van der Waals surface area contributed by atoms with Crippen LogP contribution in [0.1, 0.15) is 13.3 Å². The minimum atomic E-state index is 1.07. The van der Waals surface area contributed by atoms with Crippen molar-refractivity contribution in [2.75, 3.05) is 0 Å². The maximum Gasteiger partial charge on any atom is 0.168 e. The first-order valence-corrected chi connectivity index (χ1v) is 3.98. The van der Waals surface area contributed by atoms with Crippen molar-refractivity contribution < 1.29 is 4.57 Å². The van der Waals surface area contributed by atoms with Crippen LogP contribution >= 0.6 is 0 Å². The number of pyridine rings is 1. The number of hydrogen-bond acceptors (Lipinski definition) is 0. The van der Waals surface area contributed by atoms with E-state index in [-0.39, 0.29) is 0 Å². The van der Waals surface area contributed by atoms with Crippen molar-refractivity contribution in [1.82, 2.24) is 0 Å². The predicted molar refractivity (Wildman–Crippen MR) is 46.1 cm³/mol. The molecule has 0 aliphatic heterocycles. The smallest absolute Gasteiger partial charge is 0.168 e. The van der Waals surface area contributed by atoms with E-state index in [0.29, 0.717) is 0 Å². The average Bonchev–Trinajstić information content (AvgIpc) is 2.07. The minimum absolute atomic E-state index is 1.07. The molecule has 0 aliphatic rings. The zero-order valence-corrected chi connectivity index (χ0v) is 6.90. The van der Waals surface area contributed by atoms with E-state index in [9.17, 15) is 0 Å². The summed E-state index contributed by atoms with van der Waals surface area (Å²) in [7, 11) is 0. The summed E-state index contributed by atoms with van der Waals surface area (Å²) in [6.45, 7) is 3.13. The van der Waals surface area contributed by atoms with Crippen LogP contribution in [0.5, 0.6) is 0 Å². The van der Waals surface area contributed by atoms with Gasteiger partial charge in [-0.1, -0.05) is 18.2 Å². The number of aromatic nitrogens is 1. The average molecular weight is 148 g/mol. The Bertz CT molecular complexity index is 214. The second-order valence-electron chi connectivity index (χ2n) is 2.47. The number of aryl methyl sites for hydroxylation is 1. The van der Waals surface area contributed by atoms with Gasteiger partial charge in [0.1, 0.15) is 0 Å². The lowest BCUT2D eigenvalue weighted by atomic mass is 10.3. The lowest BCUT2D eigenvalue weighted by Gasteiger charge is -1.90. The molecule has 0 atom stereocenters. The van der Waals surface area contributed by atoms with Crippen LogP contribution in [0, 0.1) is 0 Å². The van der Waals surface area contributed by atoms with E-state index < -0.39 is 0 Å². The minimum Gasteiger partial charge on any atom is -0.205 e. The van der Waals surface area contributed by atoms with Gasteiger partial charge in [-0.3, -0.25) is 0 Å². The van der Waals surface area contributed by atoms with Crippen LogP contribution in [0.2, 0.25) is 0 Å². The zero-order chi connectivity index (χ0) is 7.94. The molecule has 0 radical (unpaired) electrons. The Balaban J connectivity index is 2.39.